The van der Waals surface area contributed by atoms with E-state index in [4.69, 9.17) is 5.26 Å². The topological polar surface area (TPSA) is 119 Å². The highest BCUT2D eigenvalue weighted by Crippen LogP contribution is 2.11. The van der Waals surface area contributed by atoms with E-state index in [9.17, 15) is 19.5 Å². The smallest absolute Gasteiger partial charge is 0.326 e. The summed E-state index contributed by atoms with van der Waals surface area (Å²) < 4.78 is 0. The molecule has 0 saturated heterocycles. The SMILES string of the molecule is CC(=O)Nc1ccc(C(=O)N[C@H](Cc2ccc(C#N)cc2)C(=O)O)cc1. The molecule has 2 amide bonds. The van der Waals surface area contributed by atoms with Crippen LogP contribution in [0.15, 0.2) is 48.5 Å². The standard InChI is InChI=1S/C19H17N3O4/c1-12(23)21-16-8-6-15(7-9-16)18(24)22-17(19(25)26)10-13-2-4-14(11-20)5-3-13/h2-9,17H,10H2,1H3,(H,21,23)(H,22,24)(H,25,26)/t17-/m1/s1. The minimum atomic E-state index is -1.16. The third-order valence-corrected chi connectivity index (χ3v) is 3.59. The van der Waals surface area contributed by atoms with Crippen molar-refractivity contribution >= 4 is 23.5 Å². The first-order valence-corrected chi connectivity index (χ1v) is 7.79. The largest absolute Gasteiger partial charge is 0.480 e. The fourth-order valence-electron chi connectivity index (χ4n) is 2.30. The lowest BCUT2D eigenvalue weighted by molar-refractivity contribution is -0.139. The second-order valence-electron chi connectivity index (χ2n) is 5.64. The molecule has 26 heavy (non-hydrogen) atoms. The molecular formula is C19H17N3O4. The van der Waals surface area contributed by atoms with Crippen LogP contribution in [0, 0.1) is 11.3 Å². The average Bonchev–Trinajstić information content (AvgIpc) is 2.61. The van der Waals surface area contributed by atoms with Gasteiger partial charge in [-0.3, -0.25) is 9.59 Å². The summed E-state index contributed by atoms with van der Waals surface area (Å²) in [4.78, 5) is 34.7. The van der Waals surface area contributed by atoms with Gasteiger partial charge in [-0.15, -0.1) is 0 Å². The number of nitrogens with one attached hydrogen (secondary N) is 2. The Bertz CT molecular complexity index is 852. The first-order valence-electron chi connectivity index (χ1n) is 7.79. The van der Waals surface area contributed by atoms with E-state index in [-0.39, 0.29) is 17.9 Å². The number of rotatable bonds is 6. The van der Waals surface area contributed by atoms with E-state index in [0.717, 1.165) is 0 Å². The highest BCUT2D eigenvalue weighted by atomic mass is 16.4. The second kappa shape index (κ2) is 8.44. The number of nitriles is 1. The lowest BCUT2D eigenvalue weighted by Crippen LogP contribution is -2.42. The molecule has 7 nitrogen and oxygen atoms in total. The number of anilines is 1. The molecular weight excluding hydrogens is 334 g/mol. The maximum atomic E-state index is 12.3. The maximum Gasteiger partial charge on any atom is 0.326 e. The highest BCUT2D eigenvalue weighted by Gasteiger charge is 2.21. The Morgan fingerprint density at radius 3 is 2.19 bits per heavy atom. The van der Waals surface area contributed by atoms with Crippen molar-refractivity contribution in [2.24, 2.45) is 0 Å². The van der Waals surface area contributed by atoms with Gasteiger partial charge in [-0.1, -0.05) is 12.1 Å². The number of nitrogens with zero attached hydrogens (tertiary/aromatic N) is 1. The zero-order chi connectivity index (χ0) is 19.1. The molecule has 0 radical (unpaired) electrons. The molecule has 0 aliphatic rings. The lowest BCUT2D eigenvalue weighted by atomic mass is 10.0. The summed E-state index contributed by atoms with van der Waals surface area (Å²) in [6.07, 6.45) is 0.0940. The summed E-state index contributed by atoms with van der Waals surface area (Å²) >= 11 is 0. The summed E-state index contributed by atoms with van der Waals surface area (Å²) in [5.41, 5.74) is 1.99. The number of carbonyl (C=O) groups is 3. The summed E-state index contributed by atoms with van der Waals surface area (Å²) in [6.45, 7) is 1.38. The predicted octanol–water partition coefficient (Wildman–Crippen LogP) is 1.94. The molecule has 2 aromatic carbocycles. The van der Waals surface area contributed by atoms with Gasteiger partial charge in [-0.05, 0) is 42.0 Å². The molecule has 0 fully saturated rings. The lowest BCUT2D eigenvalue weighted by Gasteiger charge is -2.15. The Kier molecular flexibility index (Phi) is 6.06. The van der Waals surface area contributed by atoms with Crippen LogP contribution in [0.3, 0.4) is 0 Å². The molecule has 1 atom stereocenters. The fraction of sp³-hybridized carbons (Fsp3) is 0.158. The van der Waals surface area contributed by atoms with Crippen molar-refractivity contribution < 1.29 is 19.5 Å². The average molecular weight is 351 g/mol. The molecule has 0 heterocycles. The number of hydrogen-bond donors (Lipinski definition) is 3. The van der Waals surface area contributed by atoms with Gasteiger partial charge in [0, 0.05) is 24.6 Å². The first-order chi connectivity index (χ1) is 12.4. The number of benzene rings is 2. The van der Waals surface area contributed by atoms with Gasteiger partial charge in [0.25, 0.3) is 5.91 Å². The molecule has 7 heteroatoms. The highest BCUT2D eigenvalue weighted by molar-refractivity contribution is 5.97. The monoisotopic (exact) mass is 351 g/mol. The Hall–Kier alpha value is -3.66. The first kappa shape index (κ1) is 18.7. The molecule has 0 spiro atoms. The van der Waals surface area contributed by atoms with E-state index >= 15 is 0 Å². The van der Waals surface area contributed by atoms with Crippen molar-refractivity contribution in [1.29, 1.82) is 5.26 Å². The van der Waals surface area contributed by atoms with Gasteiger partial charge < -0.3 is 15.7 Å². The van der Waals surface area contributed by atoms with Crippen molar-refractivity contribution in [2.45, 2.75) is 19.4 Å². The Balaban J connectivity index is 2.06. The van der Waals surface area contributed by atoms with Gasteiger partial charge in [-0.25, -0.2) is 4.79 Å². The zero-order valence-electron chi connectivity index (χ0n) is 14.0. The number of aliphatic carboxylic acids is 1. The van der Waals surface area contributed by atoms with Crippen molar-refractivity contribution in [3.8, 4) is 6.07 Å². The number of carboxylic acids is 1. The van der Waals surface area contributed by atoms with Crippen LogP contribution in [0.1, 0.15) is 28.4 Å². The third-order valence-electron chi connectivity index (χ3n) is 3.59. The summed E-state index contributed by atoms with van der Waals surface area (Å²) in [6, 6.07) is 13.5. The number of carbonyl (C=O) groups excluding carboxylic acids is 2. The Labute approximate surface area is 150 Å². The predicted molar refractivity (Wildman–Crippen MR) is 94.5 cm³/mol. The zero-order valence-corrected chi connectivity index (χ0v) is 14.0. The molecule has 0 aliphatic heterocycles. The van der Waals surface area contributed by atoms with Crippen LogP contribution in [0.5, 0.6) is 0 Å². The Morgan fingerprint density at radius 2 is 1.69 bits per heavy atom. The van der Waals surface area contributed by atoms with E-state index in [1.807, 2.05) is 6.07 Å². The molecule has 0 saturated carbocycles. The maximum absolute atomic E-state index is 12.3. The normalized spacial score (nSPS) is 11.1. The van der Waals surface area contributed by atoms with Crippen molar-refractivity contribution in [3.63, 3.8) is 0 Å². The van der Waals surface area contributed by atoms with Crippen LogP contribution < -0.4 is 10.6 Å². The van der Waals surface area contributed by atoms with Crippen LogP contribution in [0.2, 0.25) is 0 Å². The van der Waals surface area contributed by atoms with E-state index < -0.39 is 17.9 Å². The molecule has 0 unspecified atom stereocenters. The van der Waals surface area contributed by atoms with E-state index in [1.165, 1.54) is 19.1 Å². The second-order valence-corrected chi connectivity index (χ2v) is 5.64. The Morgan fingerprint density at radius 1 is 1.08 bits per heavy atom. The van der Waals surface area contributed by atoms with Crippen LogP contribution in [0.25, 0.3) is 0 Å². The number of amides is 2. The molecule has 3 N–H and O–H groups in total. The van der Waals surface area contributed by atoms with Crippen molar-refractivity contribution in [3.05, 3.63) is 65.2 Å². The molecule has 2 rings (SSSR count). The van der Waals surface area contributed by atoms with Crippen LogP contribution >= 0.6 is 0 Å². The van der Waals surface area contributed by atoms with Gasteiger partial charge in [0.05, 0.1) is 11.6 Å². The van der Waals surface area contributed by atoms with E-state index in [1.54, 1.807) is 36.4 Å². The molecule has 0 aliphatic carbocycles. The molecule has 2 aromatic rings. The third kappa shape index (κ3) is 5.18. The van der Waals surface area contributed by atoms with Gasteiger partial charge in [-0.2, -0.15) is 5.26 Å². The minimum Gasteiger partial charge on any atom is -0.480 e. The van der Waals surface area contributed by atoms with Gasteiger partial charge >= 0.3 is 5.97 Å². The van der Waals surface area contributed by atoms with Gasteiger partial charge in [0.15, 0.2) is 0 Å². The fourth-order valence-corrected chi connectivity index (χ4v) is 2.30. The molecule has 0 bridgehead atoms. The van der Waals surface area contributed by atoms with Crippen LogP contribution in [-0.2, 0) is 16.0 Å². The van der Waals surface area contributed by atoms with E-state index in [0.29, 0.717) is 16.8 Å². The quantitative estimate of drug-likeness (QED) is 0.735. The number of carboxylic acid groups (broad SMARTS) is 1. The summed E-state index contributed by atoms with van der Waals surface area (Å²) in [7, 11) is 0. The number of hydrogen-bond acceptors (Lipinski definition) is 4. The van der Waals surface area contributed by atoms with Crippen LogP contribution in [-0.4, -0.2) is 28.9 Å². The summed E-state index contributed by atoms with van der Waals surface area (Å²) in [5, 5.41) is 23.2. The van der Waals surface area contributed by atoms with Crippen LogP contribution in [0.4, 0.5) is 5.69 Å². The van der Waals surface area contributed by atoms with Gasteiger partial charge in [0.2, 0.25) is 5.91 Å². The van der Waals surface area contributed by atoms with Crippen molar-refractivity contribution in [1.82, 2.24) is 5.32 Å². The molecule has 0 aromatic heterocycles. The van der Waals surface area contributed by atoms with Gasteiger partial charge in [0.1, 0.15) is 6.04 Å². The summed E-state index contributed by atoms with van der Waals surface area (Å²) in [5.74, 6) is -1.91. The van der Waals surface area contributed by atoms with E-state index in [2.05, 4.69) is 10.6 Å². The minimum absolute atomic E-state index is 0.0940. The molecule has 132 valence electrons. The van der Waals surface area contributed by atoms with Crippen molar-refractivity contribution in [2.75, 3.05) is 5.32 Å².